The van der Waals surface area contributed by atoms with Crippen molar-refractivity contribution in [1.82, 2.24) is 9.55 Å². The Labute approximate surface area is 116 Å². The Morgan fingerprint density at radius 1 is 1.50 bits per heavy atom. The van der Waals surface area contributed by atoms with Crippen LogP contribution in [0.2, 0.25) is 0 Å². The molecular weight excluding hydrogens is 260 g/mol. The lowest BCUT2D eigenvalue weighted by Crippen LogP contribution is -2.22. The lowest BCUT2D eigenvalue weighted by atomic mass is 10.2. The highest BCUT2D eigenvalue weighted by atomic mass is 16.5. The van der Waals surface area contributed by atoms with Crippen LogP contribution in [0.15, 0.2) is 18.2 Å². The highest BCUT2D eigenvalue weighted by Gasteiger charge is 2.17. The number of ether oxygens (including phenoxy) is 1. The Morgan fingerprint density at radius 2 is 2.25 bits per heavy atom. The number of aromatic carboxylic acids is 1. The molecule has 2 N–H and O–H groups in total. The van der Waals surface area contributed by atoms with E-state index in [-0.39, 0.29) is 12.2 Å². The molecule has 1 atom stereocenters. The van der Waals surface area contributed by atoms with Gasteiger partial charge in [0.2, 0.25) is 0 Å². The molecule has 0 fully saturated rings. The standard InChI is InChI=1S/C14H18N2O4/c1-3-12-15-13-10(14(18)19)5-4-6-11(13)16(12)7-9(17)8-20-2/h4-6,9,17H,3,7-8H2,1-2H3,(H,18,19). The number of hydrogen-bond donors (Lipinski definition) is 2. The van der Waals surface area contributed by atoms with E-state index in [2.05, 4.69) is 4.98 Å². The predicted molar refractivity (Wildman–Crippen MR) is 74.0 cm³/mol. The number of aryl methyl sites for hydroxylation is 1. The minimum atomic E-state index is -1.000. The van der Waals surface area contributed by atoms with Crippen molar-refractivity contribution >= 4 is 17.0 Å². The highest BCUT2D eigenvalue weighted by molar-refractivity contribution is 6.01. The molecule has 1 heterocycles. The molecule has 0 saturated heterocycles. The number of hydrogen-bond acceptors (Lipinski definition) is 4. The van der Waals surface area contributed by atoms with Gasteiger partial charge in [-0.05, 0) is 12.1 Å². The molecule has 2 aromatic rings. The van der Waals surface area contributed by atoms with Crippen LogP contribution < -0.4 is 0 Å². The van der Waals surface area contributed by atoms with Gasteiger partial charge in [0, 0.05) is 13.5 Å². The van der Waals surface area contributed by atoms with Crippen LogP contribution in [0.4, 0.5) is 0 Å². The van der Waals surface area contributed by atoms with Gasteiger partial charge in [0.1, 0.15) is 11.3 Å². The molecule has 1 aromatic carbocycles. The van der Waals surface area contributed by atoms with Crippen LogP contribution in [0, 0.1) is 0 Å². The normalized spacial score (nSPS) is 12.8. The van der Waals surface area contributed by atoms with Crippen LogP contribution in [0.25, 0.3) is 11.0 Å². The van der Waals surface area contributed by atoms with Gasteiger partial charge in [-0.2, -0.15) is 0 Å². The number of fused-ring (bicyclic) bond motifs is 1. The molecule has 0 bridgehead atoms. The van der Waals surface area contributed by atoms with Gasteiger partial charge >= 0.3 is 5.97 Å². The Kier molecular flexibility index (Phi) is 4.36. The van der Waals surface area contributed by atoms with Crippen molar-refractivity contribution in [3.8, 4) is 0 Å². The van der Waals surface area contributed by atoms with Crippen molar-refractivity contribution in [2.75, 3.05) is 13.7 Å². The second kappa shape index (κ2) is 6.02. The SMILES string of the molecule is CCc1nc2c(C(=O)O)cccc2n1CC(O)COC. The lowest BCUT2D eigenvalue weighted by molar-refractivity contribution is 0.0539. The van der Waals surface area contributed by atoms with Crippen molar-refractivity contribution in [2.45, 2.75) is 26.0 Å². The molecule has 0 radical (unpaired) electrons. The smallest absolute Gasteiger partial charge is 0.337 e. The topological polar surface area (TPSA) is 84.6 Å². The van der Waals surface area contributed by atoms with Crippen LogP contribution in [0.3, 0.4) is 0 Å². The van der Waals surface area contributed by atoms with Gasteiger partial charge in [-0.1, -0.05) is 13.0 Å². The van der Waals surface area contributed by atoms with Crippen molar-refractivity contribution in [1.29, 1.82) is 0 Å². The number of carboxylic acids is 1. The maximum atomic E-state index is 11.2. The summed E-state index contributed by atoms with van der Waals surface area (Å²) in [4.78, 5) is 15.6. The molecule has 0 aliphatic carbocycles. The first-order valence-electron chi connectivity index (χ1n) is 6.46. The van der Waals surface area contributed by atoms with E-state index >= 15 is 0 Å². The molecule has 6 heteroatoms. The molecule has 0 spiro atoms. The summed E-state index contributed by atoms with van der Waals surface area (Å²) in [5.74, 6) is -0.246. The van der Waals surface area contributed by atoms with Gasteiger partial charge in [-0.25, -0.2) is 9.78 Å². The molecule has 20 heavy (non-hydrogen) atoms. The quantitative estimate of drug-likeness (QED) is 0.832. The van der Waals surface area contributed by atoms with Crippen molar-refractivity contribution in [3.63, 3.8) is 0 Å². The molecular formula is C14H18N2O4. The van der Waals surface area contributed by atoms with Gasteiger partial charge in [-0.15, -0.1) is 0 Å². The molecule has 0 aliphatic rings. The molecule has 1 aromatic heterocycles. The van der Waals surface area contributed by atoms with E-state index in [4.69, 9.17) is 4.74 Å². The summed E-state index contributed by atoms with van der Waals surface area (Å²) in [6, 6.07) is 5.03. The van der Waals surface area contributed by atoms with E-state index in [1.165, 1.54) is 13.2 Å². The fourth-order valence-corrected chi connectivity index (χ4v) is 2.30. The summed E-state index contributed by atoms with van der Waals surface area (Å²) in [5.41, 5.74) is 1.36. The molecule has 0 amide bonds. The minimum absolute atomic E-state index is 0.178. The number of benzene rings is 1. The summed E-state index contributed by atoms with van der Waals surface area (Å²) in [6.45, 7) is 2.50. The second-order valence-corrected chi connectivity index (χ2v) is 4.58. The van der Waals surface area contributed by atoms with E-state index in [0.29, 0.717) is 18.5 Å². The van der Waals surface area contributed by atoms with E-state index in [0.717, 1.165) is 11.3 Å². The zero-order chi connectivity index (χ0) is 14.7. The number of aromatic nitrogens is 2. The second-order valence-electron chi connectivity index (χ2n) is 4.58. The lowest BCUT2D eigenvalue weighted by Gasteiger charge is -2.13. The van der Waals surface area contributed by atoms with Gasteiger partial charge in [0.05, 0.1) is 30.3 Å². The molecule has 2 rings (SSSR count). The molecule has 0 saturated carbocycles. The third-order valence-corrected chi connectivity index (χ3v) is 3.16. The van der Waals surface area contributed by atoms with Crippen LogP contribution >= 0.6 is 0 Å². The molecule has 108 valence electrons. The maximum absolute atomic E-state index is 11.2. The number of aliphatic hydroxyl groups excluding tert-OH is 1. The van der Waals surface area contributed by atoms with E-state index in [1.807, 2.05) is 17.6 Å². The number of carbonyl (C=O) groups is 1. The predicted octanol–water partition coefficient (Wildman–Crippen LogP) is 1.30. The minimum Gasteiger partial charge on any atom is -0.478 e. The summed E-state index contributed by atoms with van der Waals surface area (Å²) in [5, 5.41) is 19.1. The Hall–Kier alpha value is -1.92. The van der Waals surface area contributed by atoms with Gasteiger partial charge in [-0.3, -0.25) is 0 Å². The number of methoxy groups -OCH3 is 1. The molecule has 6 nitrogen and oxygen atoms in total. The van der Waals surface area contributed by atoms with Crippen LogP contribution in [-0.2, 0) is 17.7 Å². The zero-order valence-electron chi connectivity index (χ0n) is 11.5. The fraction of sp³-hybridized carbons (Fsp3) is 0.429. The Bertz CT molecular complexity index is 621. The van der Waals surface area contributed by atoms with Crippen molar-refractivity contribution < 1.29 is 19.7 Å². The summed E-state index contributed by atoms with van der Waals surface area (Å²) < 4.78 is 6.77. The average Bonchev–Trinajstić information content (AvgIpc) is 2.76. The van der Waals surface area contributed by atoms with E-state index < -0.39 is 12.1 Å². The number of aliphatic hydroxyl groups is 1. The average molecular weight is 278 g/mol. The summed E-state index contributed by atoms with van der Waals surface area (Å²) >= 11 is 0. The first-order chi connectivity index (χ1) is 9.58. The third-order valence-electron chi connectivity index (χ3n) is 3.16. The van der Waals surface area contributed by atoms with Gasteiger partial charge < -0.3 is 19.5 Å². The molecule has 1 unspecified atom stereocenters. The molecule has 0 aliphatic heterocycles. The summed E-state index contributed by atoms with van der Waals surface area (Å²) in [7, 11) is 1.53. The van der Waals surface area contributed by atoms with Crippen LogP contribution in [0.5, 0.6) is 0 Å². The fourth-order valence-electron chi connectivity index (χ4n) is 2.30. The summed E-state index contributed by atoms with van der Waals surface area (Å²) in [6.07, 6.45) is 0.00385. The third kappa shape index (κ3) is 2.66. The van der Waals surface area contributed by atoms with E-state index in [1.54, 1.807) is 6.07 Å². The van der Waals surface area contributed by atoms with E-state index in [9.17, 15) is 15.0 Å². The number of rotatable bonds is 6. The van der Waals surface area contributed by atoms with Gasteiger partial charge in [0.15, 0.2) is 0 Å². The number of imidazole rings is 1. The first-order valence-corrected chi connectivity index (χ1v) is 6.46. The van der Waals surface area contributed by atoms with Crippen LogP contribution in [-0.4, -0.2) is 45.6 Å². The monoisotopic (exact) mass is 278 g/mol. The highest BCUT2D eigenvalue weighted by Crippen LogP contribution is 2.21. The maximum Gasteiger partial charge on any atom is 0.337 e. The number of carboxylic acid groups (broad SMARTS) is 1. The Morgan fingerprint density at radius 3 is 2.85 bits per heavy atom. The zero-order valence-corrected chi connectivity index (χ0v) is 11.5. The number of nitrogens with zero attached hydrogens (tertiary/aromatic N) is 2. The van der Waals surface area contributed by atoms with Crippen LogP contribution in [0.1, 0.15) is 23.1 Å². The van der Waals surface area contributed by atoms with Crippen molar-refractivity contribution in [2.24, 2.45) is 0 Å². The number of para-hydroxylation sites is 1. The first kappa shape index (κ1) is 14.5. The largest absolute Gasteiger partial charge is 0.478 e. The van der Waals surface area contributed by atoms with Crippen molar-refractivity contribution in [3.05, 3.63) is 29.6 Å². The Balaban J connectivity index is 2.52. The van der Waals surface area contributed by atoms with Gasteiger partial charge in [0.25, 0.3) is 0 Å².